The smallest absolute Gasteiger partial charge is 0.335 e. The normalized spacial score (nSPS) is 10.5. The minimum absolute atomic E-state index is 0.281. The van der Waals surface area contributed by atoms with Crippen LogP contribution in [0.4, 0.5) is 11.4 Å². The molecule has 0 aliphatic heterocycles. The van der Waals surface area contributed by atoms with E-state index >= 15 is 0 Å². The van der Waals surface area contributed by atoms with Gasteiger partial charge in [0.2, 0.25) is 5.91 Å². The van der Waals surface area contributed by atoms with Gasteiger partial charge in [-0.3, -0.25) is 4.79 Å². The first-order chi connectivity index (χ1) is 21.2. The summed E-state index contributed by atoms with van der Waals surface area (Å²) in [4.78, 5) is 29.2. The molecular formula is C34H23Br2N5O3. The number of benzene rings is 4. The van der Waals surface area contributed by atoms with Gasteiger partial charge in [-0.2, -0.15) is 0 Å². The van der Waals surface area contributed by atoms with Gasteiger partial charge in [0.15, 0.2) is 11.4 Å². The van der Waals surface area contributed by atoms with E-state index < -0.39 is 11.9 Å². The van der Waals surface area contributed by atoms with Gasteiger partial charge in [-0.15, -0.1) is 0 Å². The Morgan fingerprint density at radius 1 is 0.705 bits per heavy atom. The van der Waals surface area contributed by atoms with Gasteiger partial charge in [0.05, 0.1) is 18.7 Å². The molecule has 0 bridgehead atoms. The Morgan fingerprint density at radius 3 is 1.59 bits per heavy atom. The molecule has 2 aromatic heterocycles. The molecule has 0 saturated carbocycles. The number of amides is 1. The lowest BCUT2D eigenvalue weighted by molar-refractivity contribution is 0.0696. The third-order valence-electron chi connectivity index (χ3n) is 6.98. The number of hydrogen-bond donors (Lipinski definition) is 2. The maximum Gasteiger partial charge on any atom is 0.335 e. The molecule has 0 aliphatic carbocycles. The molecule has 0 atom stereocenters. The molecule has 0 radical (unpaired) electrons. The molecule has 4 aromatic carbocycles. The molecule has 0 saturated heterocycles. The maximum absolute atomic E-state index is 11.3. The Labute approximate surface area is 269 Å². The van der Waals surface area contributed by atoms with Gasteiger partial charge in [-0.25, -0.2) is 14.5 Å². The van der Waals surface area contributed by atoms with E-state index in [1.165, 1.54) is 0 Å². The zero-order valence-electron chi connectivity index (χ0n) is 23.0. The van der Waals surface area contributed by atoms with Crippen LogP contribution < -0.4 is 5.73 Å². The van der Waals surface area contributed by atoms with E-state index in [4.69, 9.17) is 24.0 Å². The number of halogens is 2. The summed E-state index contributed by atoms with van der Waals surface area (Å²) in [5.41, 5.74) is 11.3. The van der Waals surface area contributed by atoms with Crippen LogP contribution in [0.3, 0.4) is 0 Å². The summed E-state index contributed by atoms with van der Waals surface area (Å²) in [7, 11) is 0. The average Bonchev–Trinajstić information content (AvgIpc) is 3.51. The summed E-state index contributed by atoms with van der Waals surface area (Å²) in [5, 5.41) is 11.0. The summed E-state index contributed by atoms with van der Waals surface area (Å²) >= 11 is 7.05. The van der Waals surface area contributed by atoms with Crippen molar-refractivity contribution in [2.45, 2.75) is 13.1 Å². The Hall–Kier alpha value is -5.16. The fraction of sp³-hybridized carbons (Fsp3) is 0.0588. The maximum atomic E-state index is 11.3. The quantitative estimate of drug-likeness (QED) is 0.169. The third-order valence-corrected chi connectivity index (χ3v) is 8.25. The van der Waals surface area contributed by atoms with Gasteiger partial charge >= 0.3 is 5.97 Å². The van der Waals surface area contributed by atoms with Crippen LogP contribution >= 0.6 is 31.9 Å². The molecule has 0 fully saturated rings. The predicted octanol–water partition coefficient (Wildman–Crippen LogP) is 8.80. The Balaban J connectivity index is 0.000000175. The highest BCUT2D eigenvalue weighted by atomic mass is 79.9. The van der Waals surface area contributed by atoms with Gasteiger partial charge in [0, 0.05) is 61.8 Å². The van der Waals surface area contributed by atoms with E-state index in [9.17, 15) is 9.59 Å². The number of carboxylic acids is 1. The van der Waals surface area contributed by atoms with Crippen molar-refractivity contribution >= 4 is 76.9 Å². The van der Waals surface area contributed by atoms with Crippen LogP contribution in [0.5, 0.6) is 0 Å². The van der Waals surface area contributed by atoms with Crippen LogP contribution in [-0.2, 0) is 13.1 Å². The first kappa shape index (κ1) is 30.3. The summed E-state index contributed by atoms with van der Waals surface area (Å²) in [6.45, 7) is 15.4. The number of carboxylic acid groups (broad SMARTS) is 1. The van der Waals surface area contributed by atoms with Crippen molar-refractivity contribution < 1.29 is 14.7 Å². The van der Waals surface area contributed by atoms with Crippen LogP contribution in [0, 0.1) is 13.1 Å². The third kappa shape index (κ3) is 6.57. The Kier molecular flexibility index (Phi) is 8.96. The molecule has 1 amide bonds. The van der Waals surface area contributed by atoms with Crippen LogP contribution in [0.15, 0.2) is 106 Å². The first-order valence-electron chi connectivity index (χ1n) is 13.2. The Morgan fingerprint density at radius 2 is 1.16 bits per heavy atom. The molecule has 10 heteroatoms. The standard InChI is InChI=1S/C17H12BrN3O.C17H11BrN2O2/c1-20-13-5-6-16-14(8-13)15(18)10-21(16)9-11-3-2-4-12(7-11)17(19)22;1-19-13-5-6-16-14(8-13)15(18)10-20(16)9-11-3-2-4-12(7-11)17(21)22/h2-8,10H,9H2,(H2,19,22);2-8,10H,9H2,(H,21,22). The van der Waals surface area contributed by atoms with Crippen molar-refractivity contribution in [3.05, 3.63) is 151 Å². The summed E-state index contributed by atoms with van der Waals surface area (Å²) in [5.74, 6) is -1.36. The van der Waals surface area contributed by atoms with Gasteiger partial charge in [-0.1, -0.05) is 36.4 Å². The minimum Gasteiger partial charge on any atom is -0.478 e. The lowest BCUT2D eigenvalue weighted by Crippen LogP contribution is -2.11. The molecule has 216 valence electrons. The highest BCUT2D eigenvalue weighted by molar-refractivity contribution is 9.11. The van der Waals surface area contributed by atoms with E-state index in [0.29, 0.717) is 30.0 Å². The number of nitrogens with two attached hydrogens (primary N) is 1. The lowest BCUT2D eigenvalue weighted by atomic mass is 10.1. The van der Waals surface area contributed by atoms with E-state index in [1.807, 2.05) is 59.4 Å². The van der Waals surface area contributed by atoms with Gasteiger partial charge in [-0.05, 0) is 91.5 Å². The molecule has 0 aliphatic rings. The molecule has 6 aromatic rings. The molecule has 44 heavy (non-hydrogen) atoms. The van der Waals surface area contributed by atoms with Crippen LogP contribution in [0.2, 0.25) is 0 Å². The summed E-state index contributed by atoms with van der Waals surface area (Å²) < 4.78 is 5.97. The fourth-order valence-corrected chi connectivity index (χ4v) is 6.03. The summed E-state index contributed by atoms with van der Waals surface area (Å²) in [6, 6.07) is 25.3. The molecule has 0 spiro atoms. The zero-order valence-corrected chi connectivity index (χ0v) is 26.2. The van der Waals surface area contributed by atoms with Crippen molar-refractivity contribution in [1.82, 2.24) is 9.13 Å². The molecule has 0 unspecified atom stereocenters. The van der Waals surface area contributed by atoms with Gasteiger partial charge in [0.1, 0.15) is 0 Å². The molecule has 6 rings (SSSR count). The molecular weight excluding hydrogens is 686 g/mol. The van der Waals surface area contributed by atoms with Crippen molar-refractivity contribution in [3.8, 4) is 0 Å². The predicted molar refractivity (Wildman–Crippen MR) is 178 cm³/mol. The number of aromatic nitrogens is 2. The number of aromatic carboxylic acids is 1. The van der Waals surface area contributed by atoms with Crippen molar-refractivity contribution in [1.29, 1.82) is 0 Å². The fourth-order valence-electron chi connectivity index (χ4n) is 4.90. The number of nitrogens with zero attached hydrogens (tertiary/aromatic N) is 4. The van der Waals surface area contributed by atoms with E-state index in [1.54, 1.807) is 42.5 Å². The van der Waals surface area contributed by atoms with Crippen LogP contribution in [-0.4, -0.2) is 26.1 Å². The zero-order chi connectivity index (χ0) is 31.4. The molecule has 3 N–H and O–H groups in total. The van der Waals surface area contributed by atoms with Crippen molar-refractivity contribution in [3.63, 3.8) is 0 Å². The van der Waals surface area contributed by atoms with Crippen LogP contribution in [0.25, 0.3) is 31.5 Å². The number of rotatable bonds is 6. The number of primary amides is 1. The van der Waals surface area contributed by atoms with E-state index in [2.05, 4.69) is 46.1 Å². The monoisotopic (exact) mass is 707 g/mol. The van der Waals surface area contributed by atoms with Gasteiger partial charge in [0.25, 0.3) is 0 Å². The average molecular weight is 709 g/mol. The molecule has 8 nitrogen and oxygen atoms in total. The number of carbonyl (C=O) groups is 2. The minimum atomic E-state index is -0.929. The first-order valence-corrected chi connectivity index (χ1v) is 14.8. The van der Waals surface area contributed by atoms with E-state index in [-0.39, 0.29) is 5.56 Å². The second-order valence-electron chi connectivity index (χ2n) is 9.91. The van der Waals surface area contributed by atoms with Crippen molar-refractivity contribution in [2.24, 2.45) is 5.73 Å². The highest BCUT2D eigenvalue weighted by Crippen LogP contribution is 2.31. The van der Waals surface area contributed by atoms with Gasteiger partial charge < -0.3 is 20.0 Å². The number of hydrogen-bond acceptors (Lipinski definition) is 2. The largest absolute Gasteiger partial charge is 0.478 e. The van der Waals surface area contributed by atoms with E-state index in [0.717, 1.165) is 41.9 Å². The number of carbonyl (C=O) groups excluding carboxylic acids is 1. The van der Waals surface area contributed by atoms with Crippen LogP contribution in [0.1, 0.15) is 31.8 Å². The summed E-state index contributed by atoms with van der Waals surface area (Å²) in [6.07, 6.45) is 3.93. The number of fused-ring (bicyclic) bond motifs is 2. The Bertz CT molecular complexity index is 2000. The topological polar surface area (TPSA) is 99.0 Å². The SMILES string of the molecule is [C-]#[N+]c1ccc2c(c1)c(Br)cn2Cc1cccc(C(=O)O)c1.[C-]#[N+]c1ccc2c(c1)c(Br)cn2Cc1cccc(C(N)=O)c1. The molecule has 2 heterocycles. The van der Waals surface area contributed by atoms with Crippen molar-refractivity contribution in [2.75, 3.05) is 0 Å². The second kappa shape index (κ2) is 13.0. The second-order valence-corrected chi connectivity index (χ2v) is 11.6. The highest BCUT2D eigenvalue weighted by Gasteiger charge is 2.11. The lowest BCUT2D eigenvalue weighted by Gasteiger charge is -2.07.